The van der Waals surface area contributed by atoms with Gasteiger partial charge in [0.1, 0.15) is 6.04 Å². The van der Waals surface area contributed by atoms with Crippen molar-refractivity contribution in [3.05, 3.63) is 0 Å². The molecule has 0 heterocycles. The van der Waals surface area contributed by atoms with Gasteiger partial charge in [0.05, 0.1) is 7.11 Å². The highest BCUT2D eigenvalue weighted by atomic mass is 16.5. The van der Waals surface area contributed by atoms with Crippen molar-refractivity contribution in [3.63, 3.8) is 0 Å². The van der Waals surface area contributed by atoms with Gasteiger partial charge in [0, 0.05) is 0 Å². The summed E-state index contributed by atoms with van der Waals surface area (Å²) in [6.45, 7) is 7.31. The zero-order chi connectivity index (χ0) is 11.7. The molecule has 0 radical (unpaired) electrons. The molecule has 0 saturated carbocycles. The van der Waals surface area contributed by atoms with Gasteiger partial charge in [0.2, 0.25) is 0 Å². The van der Waals surface area contributed by atoms with Gasteiger partial charge >= 0.3 is 5.97 Å². The Morgan fingerprint density at radius 1 is 1.33 bits per heavy atom. The number of hydrogen-bond acceptors (Lipinski definition) is 3. The van der Waals surface area contributed by atoms with Crippen molar-refractivity contribution in [2.75, 3.05) is 13.7 Å². The number of methoxy groups -OCH3 is 1. The lowest BCUT2D eigenvalue weighted by Gasteiger charge is -2.18. The Bertz CT molecular complexity index is 169. The number of ether oxygens (including phenoxy) is 1. The third-order valence-corrected chi connectivity index (χ3v) is 2.36. The summed E-state index contributed by atoms with van der Waals surface area (Å²) in [5.74, 6) is 0.368. The smallest absolute Gasteiger partial charge is 0.322 e. The molecule has 0 aromatic heterocycles. The molecule has 0 saturated heterocycles. The van der Waals surface area contributed by atoms with Gasteiger partial charge < -0.3 is 10.1 Å². The van der Waals surface area contributed by atoms with E-state index in [4.69, 9.17) is 4.74 Å². The topological polar surface area (TPSA) is 38.3 Å². The minimum absolute atomic E-state index is 0.133. The van der Waals surface area contributed by atoms with Crippen LogP contribution in [0.3, 0.4) is 0 Å². The van der Waals surface area contributed by atoms with E-state index < -0.39 is 0 Å². The zero-order valence-corrected chi connectivity index (χ0v) is 10.5. The summed E-state index contributed by atoms with van der Waals surface area (Å²) in [6.07, 6.45) is 4.39. The van der Waals surface area contributed by atoms with Crippen LogP contribution >= 0.6 is 0 Å². The minimum atomic E-state index is -0.139. The summed E-state index contributed by atoms with van der Waals surface area (Å²) in [6, 6.07) is -0.133. The Balaban J connectivity index is 3.85. The Morgan fingerprint density at radius 3 is 2.47 bits per heavy atom. The Kier molecular flexibility index (Phi) is 8.38. The van der Waals surface area contributed by atoms with Crippen LogP contribution < -0.4 is 5.32 Å². The number of hydrogen-bond donors (Lipinski definition) is 1. The molecule has 0 spiro atoms. The summed E-state index contributed by atoms with van der Waals surface area (Å²) in [7, 11) is 1.45. The third kappa shape index (κ3) is 7.37. The lowest BCUT2D eigenvalue weighted by Crippen LogP contribution is -2.39. The number of carbonyl (C=O) groups excluding carboxylic acids is 1. The second-order valence-corrected chi connectivity index (χ2v) is 4.37. The van der Waals surface area contributed by atoms with Crippen molar-refractivity contribution in [3.8, 4) is 0 Å². The van der Waals surface area contributed by atoms with Gasteiger partial charge in [-0.1, -0.05) is 33.6 Å². The molecule has 90 valence electrons. The van der Waals surface area contributed by atoms with Gasteiger partial charge in [0.15, 0.2) is 0 Å². The van der Waals surface area contributed by atoms with Crippen molar-refractivity contribution in [2.24, 2.45) is 5.92 Å². The number of unbranched alkanes of at least 4 members (excludes halogenated alkanes) is 2. The normalized spacial score (nSPS) is 12.9. The second kappa shape index (κ2) is 8.72. The van der Waals surface area contributed by atoms with Crippen LogP contribution in [-0.4, -0.2) is 25.7 Å². The lowest BCUT2D eigenvalue weighted by atomic mass is 10.0. The zero-order valence-electron chi connectivity index (χ0n) is 10.5. The van der Waals surface area contributed by atoms with E-state index in [2.05, 4.69) is 26.1 Å². The first-order chi connectivity index (χ1) is 7.11. The summed E-state index contributed by atoms with van der Waals surface area (Å²) in [5.41, 5.74) is 0. The van der Waals surface area contributed by atoms with E-state index >= 15 is 0 Å². The van der Waals surface area contributed by atoms with Crippen molar-refractivity contribution in [1.29, 1.82) is 0 Å². The first-order valence-electron chi connectivity index (χ1n) is 5.93. The molecule has 0 aromatic carbocycles. The number of carbonyl (C=O) groups is 1. The first kappa shape index (κ1) is 14.4. The minimum Gasteiger partial charge on any atom is -0.468 e. The highest BCUT2D eigenvalue weighted by Crippen LogP contribution is 2.06. The maximum atomic E-state index is 11.4. The Morgan fingerprint density at radius 2 is 2.00 bits per heavy atom. The SMILES string of the molecule is CCCCCNC(CC(C)C)C(=O)OC. The van der Waals surface area contributed by atoms with Crippen LogP contribution in [0.25, 0.3) is 0 Å². The number of rotatable bonds is 8. The molecule has 0 aliphatic heterocycles. The highest BCUT2D eigenvalue weighted by molar-refractivity contribution is 5.75. The summed E-state index contributed by atoms with van der Waals surface area (Å²) in [5, 5.41) is 3.26. The van der Waals surface area contributed by atoms with Crippen LogP contribution in [0.1, 0.15) is 46.5 Å². The molecule has 0 amide bonds. The van der Waals surface area contributed by atoms with Crippen LogP contribution in [0, 0.1) is 5.92 Å². The molecule has 1 unspecified atom stereocenters. The van der Waals surface area contributed by atoms with Gasteiger partial charge in [-0.15, -0.1) is 0 Å². The van der Waals surface area contributed by atoms with E-state index in [-0.39, 0.29) is 12.0 Å². The highest BCUT2D eigenvalue weighted by Gasteiger charge is 2.18. The first-order valence-corrected chi connectivity index (χ1v) is 5.93. The van der Waals surface area contributed by atoms with Gasteiger partial charge in [-0.25, -0.2) is 0 Å². The van der Waals surface area contributed by atoms with Crippen molar-refractivity contribution >= 4 is 5.97 Å². The Hall–Kier alpha value is -0.570. The van der Waals surface area contributed by atoms with E-state index in [1.165, 1.54) is 20.0 Å². The van der Waals surface area contributed by atoms with Crippen LogP contribution in [0.5, 0.6) is 0 Å². The lowest BCUT2D eigenvalue weighted by molar-refractivity contribution is -0.143. The fraction of sp³-hybridized carbons (Fsp3) is 0.917. The molecule has 0 fully saturated rings. The molecule has 0 aliphatic rings. The molecular formula is C12H25NO2. The third-order valence-electron chi connectivity index (χ3n) is 2.36. The van der Waals surface area contributed by atoms with E-state index in [1.807, 2.05) is 0 Å². The molecule has 0 bridgehead atoms. The monoisotopic (exact) mass is 215 g/mol. The predicted octanol–water partition coefficient (Wildman–Crippen LogP) is 2.35. The molecule has 3 heteroatoms. The largest absolute Gasteiger partial charge is 0.468 e. The van der Waals surface area contributed by atoms with Gasteiger partial charge in [-0.05, 0) is 25.3 Å². The molecule has 0 aliphatic carbocycles. The standard InChI is InChI=1S/C12H25NO2/c1-5-6-7-8-13-11(9-10(2)3)12(14)15-4/h10-11,13H,5-9H2,1-4H3. The molecular weight excluding hydrogens is 190 g/mol. The molecule has 15 heavy (non-hydrogen) atoms. The Labute approximate surface area is 93.6 Å². The average molecular weight is 215 g/mol. The van der Waals surface area contributed by atoms with E-state index in [0.717, 1.165) is 19.4 Å². The van der Waals surface area contributed by atoms with Crippen LogP contribution in [0.4, 0.5) is 0 Å². The molecule has 1 N–H and O–H groups in total. The number of nitrogens with one attached hydrogen (secondary N) is 1. The fourth-order valence-corrected chi connectivity index (χ4v) is 1.53. The van der Waals surface area contributed by atoms with Gasteiger partial charge in [-0.2, -0.15) is 0 Å². The van der Waals surface area contributed by atoms with Gasteiger partial charge in [0.25, 0.3) is 0 Å². The second-order valence-electron chi connectivity index (χ2n) is 4.37. The number of esters is 1. The molecule has 1 atom stereocenters. The molecule has 3 nitrogen and oxygen atoms in total. The fourth-order valence-electron chi connectivity index (χ4n) is 1.53. The summed E-state index contributed by atoms with van der Waals surface area (Å²) in [4.78, 5) is 11.4. The molecule has 0 aromatic rings. The van der Waals surface area contributed by atoms with Crippen molar-refractivity contribution in [1.82, 2.24) is 5.32 Å². The van der Waals surface area contributed by atoms with E-state index in [9.17, 15) is 4.79 Å². The predicted molar refractivity (Wildman–Crippen MR) is 62.8 cm³/mol. The van der Waals surface area contributed by atoms with Crippen LogP contribution in [-0.2, 0) is 9.53 Å². The maximum Gasteiger partial charge on any atom is 0.322 e. The average Bonchev–Trinajstić information content (AvgIpc) is 2.21. The quantitative estimate of drug-likeness (QED) is 0.499. The van der Waals surface area contributed by atoms with Crippen molar-refractivity contribution in [2.45, 2.75) is 52.5 Å². The van der Waals surface area contributed by atoms with Crippen molar-refractivity contribution < 1.29 is 9.53 Å². The van der Waals surface area contributed by atoms with Crippen LogP contribution in [0.15, 0.2) is 0 Å². The van der Waals surface area contributed by atoms with E-state index in [1.54, 1.807) is 0 Å². The molecule has 0 rings (SSSR count). The van der Waals surface area contributed by atoms with Crippen LogP contribution in [0.2, 0.25) is 0 Å². The summed E-state index contributed by atoms with van der Waals surface area (Å²) >= 11 is 0. The van der Waals surface area contributed by atoms with E-state index in [0.29, 0.717) is 5.92 Å². The van der Waals surface area contributed by atoms with Gasteiger partial charge in [-0.3, -0.25) is 4.79 Å². The summed E-state index contributed by atoms with van der Waals surface area (Å²) < 4.78 is 4.77. The maximum absolute atomic E-state index is 11.4.